The summed E-state index contributed by atoms with van der Waals surface area (Å²) >= 11 is 0. The Morgan fingerprint density at radius 2 is 0.626 bits per heavy atom. The summed E-state index contributed by atoms with van der Waals surface area (Å²) in [5.74, 6) is 1.57. The van der Waals surface area contributed by atoms with Crippen molar-refractivity contribution in [2.75, 3.05) is 0 Å². The lowest BCUT2D eigenvalue weighted by Crippen LogP contribution is -1.98. The SMILES string of the molecule is c1ccc(-n2c(-c3ccc(-c4ccc5c(-c6ccc7ccccc7c6)c6ccccc6c(-c6ccc7ccccc7c6)c5c4)cc3)nc3ccccc32)cc1.c1ccc2c(-c3cc(-c4cccc5ccccc45)nc(-c4cc(-c5nccc6ccccc56)cc(-c5nccc6ccccc56)c4)n3)cccc2c1. The van der Waals surface area contributed by atoms with Gasteiger partial charge in [-0.05, 0) is 188 Å². The molecule has 0 fully saturated rings. The lowest BCUT2D eigenvalue weighted by atomic mass is 9.84. The van der Waals surface area contributed by atoms with E-state index in [0.29, 0.717) is 5.82 Å². The molecule has 4 heterocycles. The number of pyridine rings is 2. The van der Waals surface area contributed by atoms with Crippen LogP contribution in [0.25, 0.3) is 204 Å². The monoisotopic (exact) mass is 1360 g/mol. The maximum atomic E-state index is 5.37. The molecular formula is C101H64N6. The van der Waals surface area contributed by atoms with Gasteiger partial charge in [0.05, 0.1) is 33.8 Å². The number of nitrogens with zero attached hydrogens (tertiary/aromatic N) is 6. The second-order valence-corrected chi connectivity index (χ2v) is 27.4. The quantitative estimate of drug-likeness (QED) is 0.128. The Bertz CT molecular complexity index is 6660. The highest BCUT2D eigenvalue weighted by atomic mass is 15.1. The topological polar surface area (TPSA) is 69.4 Å². The summed E-state index contributed by atoms with van der Waals surface area (Å²) in [6, 6.07) is 134. The van der Waals surface area contributed by atoms with Crippen molar-refractivity contribution in [3.05, 3.63) is 389 Å². The third kappa shape index (κ3) is 11.4. The molecule has 21 aromatic rings. The first-order valence-electron chi connectivity index (χ1n) is 36.3. The largest absolute Gasteiger partial charge is 0.292 e. The number of aromatic nitrogens is 6. The minimum Gasteiger partial charge on any atom is -0.292 e. The maximum absolute atomic E-state index is 5.37. The van der Waals surface area contributed by atoms with E-state index in [1.54, 1.807) is 0 Å². The first-order chi connectivity index (χ1) is 53.0. The molecule has 4 aromatic heterocycles. The molecule has 0 saturated carbocycles. The summed E-state index contributed by atoms with van der Waals surface area (Å²) in [4.78, 5) is 25.8. The van der Waals surface area contributed by atoms with Gasteiger partial charge in [-0.3, -0.25) is 14.5 Å². The number of benzene rings is 17. The Morgan fingerprint density at radius 3 is 1.19 bits per heavy atom. The molecule has 17 aromatic carbocycles. The van der Waals surface area contributed by atoms with Gasteiger partial charge in [0, 0.05) is 62.2 Å². The van der Waals surface area contributed by atoms with E-state index in [9.17, 15) is 0 Å². The number of para-hydroxylation sites is 3. The summed E-state index contributed by atoms with van der Waals surface area (Å²) in [6.07, 6.45) is 3.77. The molecule has 0 amide bonds. The van der Waals surface area contributed by atoms with Crippen LogP contribution in [0.1, 0.15) is 0 Å². The molecule has 0 spiro atoms. The molecule has 6 nitrogen and oxygen atoms in total. The van der Waals surface area contributed by atoms with E-state index in [2.05, 4.69) is 381 Å². The van der Waals surface area contributed by atoms with Crippen LogP contribution in [0.2, 0.25) is 0 Å². The fraction of sp³-hybridized carbons (Fsp3) is 0. The second-order valence-electron chi connectivity index (χ2n) is 27.4. The van der Waals surface area contributed by atoms with Gasteiger partial charge in [0.2, 0.25) is 0 Å². The van der Waals surface area contributed by atoms with E-state index in [-0.39, 0.29) is 0 Å². The average molecular weight is 1360 g/mol. The lowest BCUT2D eigenvalue weighted by Gasteiger charge is -2.19. The number of hydrogen-bond donors (Lipinski definition) is 0. The zero-order chi connectivity index (χ0) is 70.7. The first-order valence-corrected chi connectivity index (χ1v) is 36.3. The van der Waals surface area contributed by atoms with E-state index in [1.807, 2.05) is 12.4 Å². The summed E-state index contributed by atoms with van der Waals surface area (Å²) < 4.78 is 2.26. The van der Waals surface area contributed by atoms with Crippen molar-refractivity contribution < 1.29 is 0 Å². The third-order valence-corrected chi connectivity index (χ3v) is 21.1. The van der Waals surface area contributed by atoms with E-state index in [0.717, 1.165) is 117 Å². The zero-order valence-corrected chi connectivity index (χ0v) is 58.1. The summed E-state index contributed by atoms with van der Waals surface area (Å²) in [5, 5.41) is 19.0. The smallest absolute Gasteiger partial charge is 0.160 e. The number of rotatable bonds is 10. The van der Waals surface area contributed by atoms with Gasteiger partial charge in [-0.25, -0.2) is 15.0 Å². The van der Waals surface area contributed by atoms with Gasteiger partial charge in [-0.15, -0.1) is 0 Å². The van der Waals surface area contributed by atoms with Crippen LogP contribution in [0.4, 0.5) is 0 Å². The summed E-state index contributed by atoms with van der Waals surface area (Å²) in [5.41, 5.74) is 20.1. The molecule has 0 aliphatic carbocycles. The number of hydrogen-bond acceptors (Lipinski definition) is 5. The van der Waals surface area contributed by atoms with Crippen LogP contribution in [-0.2, 0) is 0 Å². The van der Waals surface area contributed by atoms with Crippen molar-refractivity contribution in [2.24, 2.45) is 0 Å². The number of fused-ring (bicyclic) bond motifs is 9. The molecule has 0 atom stereocenters. The van der Waals surface area contributed by atoms with E-state index >= 15 is 0 Å². The van der Waals surface area contributed by atoms with Gasteiger partial charge in [-0.2, -0.15) is 0 Å². The lowest BCUT2D eigenvalue weighted by molar-refractivity contribution is 1.10. The molecule has 0 saturated heterocycles. The fourth-order valence-corrected chi connectivity index (χ4v) is 16.0. The highest BCUT2D eigenvalue weighted by molar-refractivity contribution is 6.23. The molecule has 0 unspecified atom stereocenters. The summed E-state index contributed by atoms with van der Waals surface area (Å²) in [7, 11) is 0. The third-order valence-electron chi connectivity index (χ3n) is 21.1. The first kappa shape index (κ1) is 62.4. The standard InChI is InChI=1S/C53H34N2.C48H30N4/c1-2-16-44(17-3-1)55-50-21-11-10-20-49(50)54-53(55)38-26-22-37(23-27-38)41-30-31-47-48(34-41)52(43-29-25-36-13-5-7-15-40(36)33-43)46-19-9-8-18-45(46)51(47)42-28-24-35-12-4-6-14-39(35)32-42;1-5-17-38-31(11-1)15-9-21-42(38)44-30-45(43-22-10-16-32-12-2-6-18-39(32)43)52-48(51-44)37-28-35(46-40-19-7-3-13-33(40)23-25-49-46)27-36(29-37)47-41-20-8-4-14-34(41)24-26-50-47/h1-34H;1-30H. The van der Waals surface area contributed by atoms with Crippen LogP contribution in [0, 0.1) is 0 Å². The van der Waals surface area contributed by atoms with Crippen molar-refractivity contribution in [1.82, 2.24) is 29.5 Å². The molecule has 0 aliphatic heterocycles. The van der Waals surface area contributed by atoms with Gasteiger partial charge in [0.15, 0.2) is 5.82 Å². The van der Waals surface area contributed by atoms with Crippen molar-refractivity contribution in [2.45, 2.75) is 0 Å². The van der Waals surface area contributed by atoms with E-state index in [1.165, 1.54) is 81.7 Å². The van der Waals surface area contributed by atoms with E-state index < -0.39 is 0 Å². The average Bonchev–Trinajstić information content (AvgIpc) is 1.37. The highest BCUT2D eigenvalue weighted by Gasteiger charge is 2.22. The van der Waals surface area contributed by atoms with Gasteiger partial charge in [0.25, 0.3) is 0 Å². The van der Waals surface area contributed by atoms with Crippen LogP contribution in [0.3, 0.4) is 0 Å². The maximum Gasteiger partial charge on any atom is 0.160 e. The summed E-state index contributed by atoms with van der Waals surface area (Å²) in [6.45, 7) is 0. The predicted molar refractivity (Wildman–Crippen MR) is 448 cm³/mol. The van der Waals surface area contributed by atoms with E-state index in [4.69, 9.17) is 24.9 Å². The molecule has 21 rings (SSSR count). The van der Waals surface area contributed by atoms with Crippen LogP contribution < -0.4 is 0 Å². The minimum absolute atomic E-state index is 0.636. The fourth-order valence-electron chi connectivity index (χ4n) is 16.0. The van der Waals surface area contributed by atoms with Crippen molar-refractivity contribution in [3.63, 3.8) is 0 Å². The molecule has 0 bridgehead atoms. The van der Waals surface area contributed by atoms with Gasteiger partial charge >= 0.3 is 0 Å². The molecule has 0 N–H and O–H groups in total. The van der Waals surface area contributed by atoms with Gasteiger partial charge < -0.3 is 0 Å². The molecule has 107 heavy (non-hydrogen) atoms. The Morgan fingerprint density at radius 1 is 0.215 bits per heavy atom. The Hall–Kier alpha value is -14.3. The zero-order valence-electron chi connectivity index (χ0n) is 58.1. The normalized spacial score (nSPS) is 11.6. The van der Waals surface area contributed by atoms with Crippen molar-refractivity contribution in [3.8, 4) is 107 Å². The second kappa shape index (κ2) is 26.5. The van der Waals surface area contributed by atoms with Crippen molar-refractivity contribution >= 4 is 97.2 Å². The molecular weight excluding hydrogens is 1300 g/mol. The van der Waals surface area contributed by atoms with Crippen LogP contribution in [0.5, 0.6) is 0 Å². The Balaban J connectivity index is 0.000000142. The van der Waals surface area contributed by atoms with Crippen molar-refractivity contribution in [1.29, 1.82) is 0 Å². The molecule has 6 heteroatoms. The Kier molecular flexibility index (Phi) is 15.5. The van der Waals surface area contributed by atoms with Gasteiger partial charge in [-0.1, -0.05) is 297 Å². The highest BCUT2D eigenvalue weighted by Crippen LogP contribution is 2.47. The minimum atomic E-state index is 0.636. The number of imidazole rings is 1. The molecule has 0 aliphatic rings. The van der Waals surface area contributed by atoms with Crippen LogP contribution in [-0.4, -0.2) is 29.5 Å². The molecule has 0 radical (unpaired) electrons. The molecule has 498 valence electrons. The Labute approximate surface area is 618 Å². The predicted octanol–water partition coefficient (Wildman–Crippen LogP) is 26.5. The van der Waals surface area contributed by atoms with Crippen LogP contribution >= 0.6 is 0 Å². The van der Waals surface area contributed by atoms with Crippen LogP contribution in [0.15, 0.2) is 389 Å². The van der Waals surface area contributed by atoms with Gasteiger partial charge in [0.1, 0.15) is 5.82 Å².